The molecule has 130 valence electrons. The number of ether oxygens (including phenoxy) is 1. The van der Waals surface area contributed by atoms with Crippen LogP contribution in [0.2, 0.25) is 0 Å². The van der Waals surface area contributed by atoms with E-state index in [0.717, 1.165) is 30.2 Å². The van der Waals surface area contributed by atoms with Crippen LogP contribution in [0.15, 0.2) is 39.6 Å². The first-order valence-corrected chi connectivity index (χ1v) is 8.13. The van der Waals surface area contributed by atoms with E-state index in [1.54, 1.807) is 12.5 Å². The van der Waals surface area contributed by atoms with Crippen LogP contribution >= 0.6 is 0 Å². The minimum Gasteiger partial charge on any atom is -0.472 e. The fourth-order valence-electron chi connectivity index (χ4n) is 2.76. The van der Waals surface area contributed by atoms with Crippen LogP contribution in [0.4, 0.5) is 4.79 Å². The van der Waals surface area contributed by atoms with Gasteiger partial charge >= 0.3 is 6.03 Å². The van der Waals surface area contributed by atoms with Gasteiger partial charge < -0.3 is 24.2 Å². The van der Waals surface area contributed by atoms with Crippen molar-refractivity contribution in [3.63, 3.8) is 0 Å². The summed E-state index contributed by atoms with van der Waals surface area (Å²) in [5.41, 5.74) is 0.927. The fourth-order valence-corrected chi connectivity index (χ4v) is 2.76. The molecule has 2 amide bonds. The van der Waals surface area contributed by atoms with Gasteiger partial charge in [-0.3, -0.25) is 4.90 Å². The van der Waals surface area contributed by atoms with Crippen molar-refractivity contribution in [2.45, 2.75) is 19.5 Å². The molecule has 2 N–H and O–H groups in total. The normalized spacial score (nSPS) is 16.7. The van der Waals surface area contributed by atoms with E-state index in [-0.39, 0.29) is 12.1 Å². The highest BCUT2D eigenvalue weighted by Gasteiger charge is 2.25. The molecular formula is C17H23N3O4. The summed E-state index contributed by atoms with van der Waals surface area (Å²) < 4.78 is 16.2. The van der Waals surface area contributed by atoms with Crippen LogP contribution in [0.25, 0.3) is 0 Å². The summed E-state index contributed by atoms with van der Waals surface area (Å²) in [5.74, 6) is 1.73. The average molecular weight is 333 g/mol. The summed E-state index contributed by atoms with van der Waals surface area (Å²) in [6, 6.07) is 5.53. The number of furan rings is 2. The molecule has 7 heteroatoms. The Balaban J connectivity index is 1.55. The molecule has 2 aromatic heterocycles. The number of hydrogen-bond acceptors (Lipinski definition) is 5. The monoisotopic (exact) mass is 333 g/mol. The van der Waals surface area contributed by atoms with E-state index in [1.807, 2.05) is 25.1 Å². The molecule has 1 fully saturated rings. The Morgan fingerprint density at radius 2 is 2.08 bits per heavy atom. The van der Waals surface area contributed by atoms with Crippen LogP contribution in [0.3, 0.4) is 0 Å². The molecule has 7 nitrogen and oxygen atoms in total. The Kier molecular flexibility index (Phi) is 5.55. The molecule has 0 unspecified atom stereocenters. The molecule has 3 rings (SSSR count). The number of morpholine rings is 1. The molecule has 0 saturated carbocycles. The third-order valence-corrected chi connectivity index (χ3v) is 4.07. The van der Waals surface area contributed by atoms with Gasteiger partial charge in [-0.1, -0.05) is 0 Å². The summed E-state index contributed by atoms with van der Waals surface area (Å²) in [4.78, 5) is 14.3. The summed E-state index contributed by atoms with van der Waals surface area (Å²) in [6.45, 7) is 5.87. The van der Waals surface area contributed by atoms with Crippen molar-refractivity contribution in [1.29, 1.82) is 0 Å². The van der Waals surface area contributed by atoms with Gasteiger partial charge in [-0.25, -0.2) is 4.79 Å². The van der Waals surface area contributed by atoms with E-state index >= 15 is 0 Å². The number of nitrogens with zero attached hydrogens (tertiary/aromatic N) is 1. The van der Waals surface area contributed by atoms with E-state index in [0.29, 0.717) is 26.3 Å². The maximum absolute atomic E-state index is 12.0. The standard InChI is InChI=1S/C17H23N3O4/c1-13-2-3-16(24-13)15(20-5-8-22-9-6-20)11-19-17(21)18-10-14-4-7-23-12-14/h2-4,7,12,15H,5-6,8-11H2,1H3,(H2,18,19,21)/t15-/m0/s1. The first-order chi connectivity index (χ1) is 11.7. The summed E-state index contributed by atoms with van der Waals surface area (Å²) >= 11 is 0. The minimum atomic E-state index is -0.210. The van der Waals surface area contributed by atoms with E-state index < -0.39 is 0 Å². The number of amides is 2. The van der Waals surface area contributed by atoms with Crippen molar-refractivity contribution in [2.75, 3.05) is 32.8 Å². The summed E-state index contributed by atoms with van der Waals surface area (Å²) in [6.07, 6.45) is 3.20. The molecule has 0 aromatic carbocycles. The van der Waals surface area contributed by atoms with Gasteiger partial charge in [0.25, 0.3) is 0 Å². The summed E-state index contributed by atoms with van der Waals surface area (Å²) in [7, 11) is 0. The second-order valence-electron chi connectivity index (χ2n) is 5.81. The highest BCUT2D eigenvalue weighted by atomic mass is 16.5. The first kappa shape index (κ1) is 16.6. The number of aryl methyl sites for hydroxylation is 1. The van der Waals surface area contributed by atoms with E-state index in [1.165, 1.54) is 0 Å². The average Bonchev–Trinajstić information content (AvgIpc) is 3.26. The fraction of sp³-hybridized carbons (Fsp3) is 0.471. The third-order valence-electron chi connectivity index (χ3n) is 4.07. The topological polar surface area (TPSA) is 79.9 Å². The van der Waals surface area contributed by atoms with Gasteiger partial charge in [0.1, 0.15) is 11.5 Å². The lowest BCUT2D eigenvalue weighted by Gasteiger charge is -2.33. The molecule has 24 heavy (non-hydrogen) atoms. The Labute approximate surface area is 140 Å². The largest absolute Gasteiger partial charge is 0.472 e. The van der Waals surface area contributed by atoms with Crippen molar-refractivity contribution >= 4 is 6.03 Å². The second-order valence-corrected chi connectivity index (χ2v) is 5.81. The number of nitrogens with one attached hydrogen (secondary N) is 2. The van der Waals surface area contributed by atoms with Crippen molar-refractivity contribution in [3.8, 4) is 0 Å². The van der Waals surface area contributed by atoms with Crippen molar-refractivity contribution in [1.82, 2.24) is 15.5 Å². The zero-order valence-electron chi connectivity index (χ0n) is 13.8. The maximum atomic E-state index is 12.0. The zero-order valence-corrected chi connectivity index (χ0v) is 13.8. The zero-order chi connectivity index (χ0) is 16.8. The number of carbonyl (C=O) groups excluding carboxylic acids is 1. The van der Waals surface area contributed by atoms with Gasteiger partial charge in [-0.2, -0.15) is 0 Å². The quantitative estimate of drug-likeness (QED) is 0.846. The molecule has 0 aliphatic carbocycles. The number of hydrogen-bond donors (Lipinski definition) is 2. The van der Waals surface area contributed by atoms with Crippen LogP contribution in [-0.4, -0.2) is 43.8 Å². The Morgan fingerprint density at radius 1 is 1.25 bits per heavy atom. The molecule has 0 bridgehead atoms. The molecule has 3 heterocycles. The lowest BCUT2D eigenvalue weighted by molar-refractivity contribution is 0.0121. The molecule has 0 radical (unpaired) electrons. The van der Waals surface area contributed by atoms with Crippen molar-refractivity contribution in [2.24, 2.45) is 0 Å². The molecule has 1 aliphatic heterocycles. The van der Waals surface area contributed by atoms with Gasteiger partial charge in [0, 0.05) is 31.7 Å². The highest BCUT2D eigenvalue weighted by Crippen LogP contribution is 2.23. The molecule has 0 spiro atoms. The highest BCUT2D eigenvalue weighted by molar-refractivity contribution is 5.73. The van der Waals surface area contributed by atoms with Crippen LogP contribution in [0, 0.1) is 6.92 Å². The molecule has 2 aromatic rings. The Bertz CT molecular complexity index is 632. The molecular weight excluding hydrogens is 310 g/mol. The van der Waals surface area contributed by atoms with Crippen LogP contribution in [0.1, 0.15) is 23.1 Å². The number of rotatable bonds is 6. The van der Waals surface area contributed by atoms with E-state index in [2.05, 4.69) is 15.5 Å². The Hall–Kier alpha value is -2.25. The SMILES string of the molecule is Cc1ccc([C@H](CNC(=O)NCc2ccoc2)N2CCOCC2)o1. The lowest BCUT2D eigenvalue weighted by Crippen LogP contribution is -2.45. The number of carbonyl (C=O) groups is 1. The molecule has 1 atom stereocenters. The van der Waals surface area contributed by atoms with Crippen molar-refractivity contribution < 1.29 is 18.4 Å². The lowest BCUT2D eigenvalue weighted by atomic mass is 10.1. The van der Waals surface area contributed by atoms with E-state index in [9.17, 15) is 4.79 Å². The molecule has 1 saturated heterocycles. The van der Waals surface area contributed by atoms with Gasteiger partial charge in [-0.05, 0) is 25.1 Å². The summed E-state index contributed by atoms with van der Waals surface area (Å²) in [5, 5.41) is 5.74. The van der Waals surface area contributed by atoms with Crippen molar-refractivity contribution in [3.05, 3.63) is 47.8 Å². The maximum Gasteiger partial charge on any atom is 0.315 e. The molecule has 1 aliphatic rings. The Morgan fingerprint density at radius 3 is 2.75 bits per heavy atom. The smallest absolute Gasteiger partial charge is 0.315 e. The van der Waals surface area contributed by atoms with Crippen LogP contribution in [0.5, 0.6) is 0 Å². The predicted molar refractivity (Wildman–Crippen MR) is 87.5 cm³/mol. The van der Waals surface area contributed by atoms with Crippen LogP contribution < -0.4 is 10.6 Å². The van der Waals surface area contributed by atoms with Crippen LogP contribution in [-0.2, 0) is 11.3 Å². The first-order valence-electron chi connectivity index (χ1n) is 8.13. The van der Waals surface area contributed by atoms with Gasteiger partial charge in [0.05, 0.1) is 31.8 Å². The van der Waals surface area contributed by atoms with Gasteiger partial charge in [0.15, 0.2) is 0 Å². The minimum absolute atomic E-state index is 0.00211. The second kappa shape index (κ2) is 8.03. The predicted octanol–water partition coefficient (Wildman–Crippen LogP) is 2.05. The van der Waals surface area contributed by atoms with Gasteiger partial charge in [0.2, 0.25) is 0 Å². The number of urea groups is 1. The van der Waals surface area contributed by atoms with E-state index in [4.69, 9.17) is 13.6 Å². The third kappa shape index (κ3) is 4.39. The van der Waals surface area contributed by atoms with Gasteiger partial charge in [-0.15, -0.1) is 0 Å².